The maximum Gasteiger partial charge on any atom is 0.208 e. The Morgan fingerprint density at radius 2 is 2.09 bits per heavy atom. The van der Waals surface area contributed by atoms with Gasteiger partial charge in [0.15, 0.2) is 0 Å². The Morgan fingerprint density at radius 1 is 1.30 bits per heavy atom. The Balaban J connectivity index is 1.14. The van der Waals surface area contributed by atoms with E-state index in [-0.39, 0.29) is 11.4 Å². The van der Waals surface area contributed by atoms with Gasteiger partial charge in [0.2, 0.25) is 5.13 Å². The van der Waals surface area contributed by atoms with Crippen LogP contribution in [-0.2, 0) is 4.74 Å². The number of halogens is 1. The van der Waals surface area contributed by atoms with E-state index in [0.717, 1.165) is 62.7 Å². The topological polar surface area (TPSA) is 71.0 Å². The summed E-state index contributed by atoms with van der Waals surface area (Å²) in [7, 11) is 0. The van der Waals surface area contributed by atoms with Gasteiger partial charge in [0.25, 0.3) is 0 Å². The van der Waals surface area contributed by atoms with Crippen molar-refractivity contribution < 1.29 is 19.0 Å². The van der Waals surface area contributed by atoms with E-state index in [2.05, 4.69) is 20.0 Å². The molecule has 3 fully saturated rings. The minimum atomic E-state index is -0.797. The lowest BCUT2D eigenvalue weighted by Crippen LogP contribution is -2.62. The fourth-order valence-electron chi connectivity index (χ4n) is 5.32. The van der Waals surface area contributed by atoms with Gasteiger partial charge < -0.3 is 19.5 Å². The smallest absolute Gasteiger partial charge is 0.208 e. The first-order valence-corrected chi connectivity index (χ1v) is 12.7. The van der Waals surface area contributed by atoms with E-state index < -0.39 is 5.60 Å². The molecule has 1 N–H and O–H groups in total. The number of nitrogens with zero attached hydrogens (tertiary/aromatic N) is 4. The molecule has 4 heterocycles. The molecule has 0 saturated carbocycles. The quantitative estimate of drug-likeness (QED) is 0.656. The molecule has 1 spiro atoms. The van der Waals surface area contributed by atoms with E-state index in [1.54, 1.807) is 30.7 Å². The molecule has 3 aliphatic rings. The maximum absolute atomic E-state index is 13.9. The van der Waals surface area contributed by atoms with Gasteiger partial charge in [0, 0.05) is 18.5 Å². The molecule has 3 saturated heterocycles. The molecule has 3 aliphatic heterocycles. The lowest BCUT2D eigenvalue weighted by molar-refractivity contribution is -0.0195. The molecule has 180 valence electrons. The van der Waals surface area contributed by atoms with Gasteiger partial charge in [-0.15, -0.1) is 10.2 Å². The van der Waals surface area contributed by atoms with E-state index in [0.29, 0.717) is 30.7 Å². The number of hydrogen-bond acceptors (Lipinski definition) is 8. The van der Waals surface area contributed by atoms with Gasteiger partial charge in [-0.05, 0) is 63.7 Å². The van der Waals surface area contributed by atoms with Gasteiger partial charge in [0.05, 0.1) is 31.9 Å². The molecule has 1 atom stereocenters. The maximum atomic E-state index is 13.9. The Morgan fingerprint density at radius 3 is 2.79 bits per heavy atom. The van der Waals surface area contributed by atoms with Crippen LogP contribution in [0.5, 0.6) is 5.75 Å². The van der Waals surface area contributed by atoms with Crippen molar-refractivity contribution >= 4 is 16.5 Å². The summed E-state index contributed by atoms with van der Waals surface area (Å²) < 4.78 is 26.1. The lowest BCUT2D eigenvalue weighted by atomic mass is 9.86. The molecule has 0 radical (unpaired) electrons. The predicted molar refractivity (Wildman–Crippen MR) is 126 cm³/mol. The highest BCUT2D eigenvalue weighted by Gasteiger charge is 2.51. The number of aliphatic hydroxyl groups is 1. The molecular weight excluding hydrogens is 443 g/mol. The zero-order chi connectivity index (χ0) is 23.1. The van der Waals surface area contributed by atoms with E-state index in [1.807, 2.05) is 6.07 Å². The van der Waals surface area contributed by atoms with Crippen LogP contribution < -0.4 is 9.64 Å². The summed E-state index contributed by atoms with van der Waals surface area (Å²) in [4.78, 5) is 4.82. The molecule has 0 bridgehead atoms. The number of benzene rings is 1. The summed E-state index contributed by atoms with van der Waals surface area (Å²) in [6.45, 7) is 8.49. The van der Waals surface area contributed by atoms with E-state index in [1.165, 1.54) is 12.1 Å². The van der Waals surface area contributed by atoms with Gasteiger partial charge in [-0.3, -0.25) is 4.90 Å². The second-order valence-corrected chi connectivity index (χ2v) is 11.1. The average molecular weight is 477 g/mol. The molecule has 7 nitrogen and oxygen atoms in total. The molecule has 9 heteroatoms. The van der Waals surface area contributed by atoms with Crippen LogP contribution in [0.2, 0.25) is 0 Å². The molecule has 2 aromatic rings. The van der Waals surface area contributed by atoms with Crippen LogP contribution in [0.25, 0.3) is 0 Å². The number of likely N-dealkylation sites (tertiary alicyclic amines) is 1. The minimum Gasteiger partial charge on any atom is -0.493 e. The van der Waals surface area contributed by atoms with E-state index in [4.69, 9.17) is 9.47 Å². The van der Waals surface area contributed by atoms with Crippen LogP contribution in [0.3, 0.4) is 0 Å². The average Bonchev–Trinajstić information content (AvgIpc) is 3.42. The van der Waals surface area contributed by atoms with Crippen LogP contribution >= 0.6 is 11.3 Å². The van der Waals surface area contributed by atoms with Crippen molar-refractivity contribution in [1.82, 2.24) is 15.1 Å². The van der Waals surface area contributed by atoms with Crippen molar-refractivity contribution in [2.45, 2.75) is 62.7 Å². The summed E-state index contributed by atoms with van der Waals surface area (Å²) >= 11 is 1.58. The van der Waals surface area contributed by atoms with Gasteiger partial charge in [-0.1, -0.05) is 17.4 Å². The van der Waals surface area contributed by atoms with Gasteiger partial charge in [-0.25, -0.2) is 4.39 Å². The van der Waals surface area contributed by atoms with Crippen molar-refractivity contribution in [2.75, 3.05) is 44.3 Å². The summed E-state index contributed by atoms with van der Waals surface area (Å²) in [5, 5.41) is 19.0. The molecule has 1 aromatic heterocycles. The molecule has 5 rings (SSSR count). The second-order valence-electron chi connectivity index (χ2n) is 10.3. The van der Waals surface area contributed by atoms with E-state index in [9.17, 15) is 9.50 Å². The number of rotatable bonds is 7. The molecule has 1 aromatic carbocycles. The van der Waals surface area contributed by atoms with Crippen LogP contribution in [0, 0.1) is 5.82 Å². The van der Waals surface area contributed by atoms with Crippen LogP contribution in [0.1, 0.15) is 51.0 Å². The van der Waals surface area contributed by atoms with Crippen molar-refractivity contribution in [3.63, 3.8) is 0 Å². The summed E-state index contributed by atoms with van der Waals surface area (Å²) in [6, 6.07) is 5.35. The molecule has 33 heavy (non-hydrogen) atoms. The molecule has 0 unspecified atom stereocenters. The number of piperidine rings is 1. The number of hydrogen-bond donors (Lipinski definition) is 1. The summed E-state index contributed by atoms with van der Waals surface area (Å²) in [5.74, 6) is 0.685. The minimum absolute atomic E-state index is 0.0361. The molecule has 0 aliphatic carbocycles. The summed E-state index contributed by atoms with van der Waals surface area (Å²) in [5.41, 5.74) is 2.02. The third-order valence-corrected chi connectivity index (χ3v) is 7.95. The third kappa shape index (κ3) is 5.16. The van der Waals surface area contributed by atoms with Crippen molar-refractivity contribution in [1.29, 1.82) is 0 Å². The standard InChI is InChI=1S/C24H33FN4O3S/c1-23(2,30)7-10-31-21-11-18(25)3-4-20(21)17-5-8-28(9-6-17)19-12-24(32-13-19)14-29(15-24)22-27-26-16-33-22/h3-4,11,16-17,19,30H,5-10,12-15H2,1-2H3/t19-/m0/s1. The van der Waals surface area contributed by atoms with Crippen LogP contribution in [0.15, 0.2) is 23.7 Å². The Labute approximate surface area is 198 Å². The largest absolute Gasteiger partial charge is 0.493 e. The Kier molecular flexibility index (Phi) is 6.32. The first-order chi connectivity index (χ1) is 15.8. The van der Waals surface area contributed by atoms with Crippen molar-refractivity contribution in [3.8, 4) is 5.75 Å². The van der Waals surface area contributed by atoms with E-state index >= 15 is 0 Å². The van der Waals surface area contributed by atoms with Gasteiger partial charge in [-0.2, -0.15) is 0 Å². The van der Waals surface area contributed by atoms with Crippen molar-refractivity contribution in [3.05, 3.63) is 35.1 Å². The SMILES string of the molecule is CC(C)(O)CCOc1cc(F)ccc1C1CCN([C@@H]2COC3(C2)CN(c2nncs2)C3)CC1. The number of anilines is 1. The predicted octanol–water partition coefficient (Wildman–Crippen LogP) is 3.44. The normalized spacial score (nSPS) is 23.8. The monoisotopic (exact) mass is 476 g/mol. The van der Waals surface area contributed by atoms with Gasteiger partial charge >= 0.3 is 0 Å². The zero-order valence-electron chi connectivity index (χ0n) is 19.4. The lowest BCUT2D eigenvalue weighted by Gasteiger charge is -2.47. The third-order valence-electron chi connectivity index (χ3n) is 7.20. The van der Waals surface area contributed by atoms with Gasteiger partial charge in [0.1, 0.15) is 22.7 Å². The molecule has 0 amide bonds. The zero-order valence-corrected chi connectivity index (χ0v) is 20.2. The Bertz CT molecular complexity index is 938. The highest BCUT2D eigenvalue weighted by atomic mass is 32.1. The number of aromatic nitrogens is 2. The Hall–Kier alpha value is -1.81. The first-order valence-electron chi connectivity index (χ1n) is 11.8. The van der Waals surface area contributed by atoms with Crippen LogP contribution in [-0.4, -0.2) is 76.8 Å². The molecular formula is C24H33FN4O3S. The first kappa shape index (κ1) is 23.0. The van der Waals surface area contributed by atoms with Crippen molar-refractivity contribution in [2.24, 2.45) is 0 Å². The summed E-state index contributed by atoms with van der Waals surface area (Å²) in [6.07, 6.45) is 3.61. The highest BCUT2D eigenvalue weighted by molar-refractivity contribution is 7.13. The fraction of sp³-hybridized carbons (Fsp3) is 0.667. The van der Waals surface area contributed by atoms with Crippen LogP contribution in [0.4, 0.5) is 9.52 Å². The highest BCUT2D eigenvalue weighted by Crippen LogP contribution is 2.41. The fourth-order valence-corrected chi connectivity index (χ4v) is 5.88. The second kappa shape index (κ2) is 9.09. The number of ether oxygens (including phenoxy) is 2.